The van der Waals surface area contributed by atoms with Gasteiger partial charge in [-0.15, -0.1) is 0 Å². The third-order valence-electron chi connectivity index (χ3n) is 2.22. The fraction of sp³-hybridized carbons (Fsp3) is 0.308. The van der Waals surface area contributed by atoms with E-state index in [9.17, 15) is 5.11 Å². The maximum absolute atomic E-state index is 9.29. The molecule has 0 aromatic carbocycles. The molecule has 0 saturated carbocycles. The van der Waals surface area contributed by atoms with E-state index < -0.39 is 12.2 Å². The molecule has 0 fully saturated rings. The lowest BCUT2D eigenvalue weighted by atomic mass is 10.2. The normalized spacial score (nSPS) is 15.8. The second kappa shape index (κ2) is 6.20. The summed E-state index contributed by atoms with van der Waals surface area (Å²) in [5.74, 6) is 0. The van der Waals surface area contributed by atoms with E-state index in [1.54, 1.807) is 31.3 Å². The van der Waals surface area contributed by atoms with Gasteiger partial charge in [-0.25, -0.2) is 0 Å². The average molecular weight is 219 g/mol. The van der Waals surface area contributed by atoms with Gasteiger partial charge in [0.2, 0.25) is 0 Å². The fourth-order valence-electron chi connectivity index (χ4n) is 1.16. The molecule has 1 aromatic rings. The van der Waals surface area contributed by atoms with Crippen LogP contribution >= 0.6 is 0 Å². The van der Waals surface area contributed by atoms with E-state index in [1.165, 1.54) is 0 Å². The van der Waals surface area contributed by atoms with Gasteiger partial charge in [0.15, 0.2) is 0 Å². The van der Waals surface area contributed by atoms with Gasteiger partial charge in [0, 0.05) is 6.20 Å². The summed E-state index contributed by atoms with van der Waals surface area (Å²) in [6.07, 6.45) is 7.06. The third-order valence-corrected chi connectivity index (χ3v) is 2.22. The minimum absolute atomic E-state index is 0.749. The summed E-state index contributed by atoms with van der Waals surface area (Å²) in [7, 11) is 0. The summed E-state index contributed by atoms with van der Waals surface area (Å²) in [6, 6.07) is 3.88. The monoisotopic (exact) mass is 219 g/mol. The molecule has 3 nitrogen and oxygen atoms in total. The van der Waals surface area contributed by atoms with Gasteiger partial charge in [0.25, 0.3) is 0 Å². The molecule has 1 heterocycles. The number of aliphatic hydroxyl groups excluding tert-OH is 2. The van der Waals surface area contributed by atoms with Crippen molar-refractivity contribution in [1.82, 2.24) is 4.98 Å². The van der Waals surface area contributed by atoms with Crippen LogP contribution in [0.15, 0.2) is 36.6 Å². The molecule has 0 bridgehead atoms. The highest BCUT2D eigenvalue weighted by molar-refractivity contribution is 5.50. The Labute approximate surface area is 95.8 Å². The van der Waals surface area contributed by atoms with E-state index in [2.05, 4.69) is 4.98 Å². The fourth-order valence-corrected chi connectivity index (χ4v) is 1.16. The molecule has 1 rings (SSSR count). The van der Waals surface area contributed by atoms with Crippen molar-refractivity contribution in [3.63, 3.8) is 0 Å². The Kier molecular flexibility index (Phi) is 4.89. The lowest BCUT2D eigenvalue weighted by molar-refractivity contribution is 0.0619. The van der Waals surface area contributed by atoms with Gasteiger partial charge in [-0.2, -0.15) is 0 Å². The number of nitrogens with zero attached hydrogens (tertiary/aromatic N) is 1. The summed E-state index contributed by atoms with van der Waals surface area (Å²) in [4.78, 5) is 4.20. The first kappa shape index (κ1) is 12.6. The quantitative estimate of drug-likeness (QED) is 0.758. The number of aliphatic hydroxyl groups is 2. The van der Waals surface area contributed by atoms with Crippen LogP contribution in [-0.2, 0) is 0 Å². The van der Waals surface area contributed by atoms with E-state index in [4.69, 9.17) is 5.11 Å². The highest BCUT2D eigenvalue weighted by Crippen LogP contribution is 2.05. The summed E-state index contributed by atoms with van der Waals surface area (Å²) in [5, 5.41) is 18.3. The number of allylic oxidation sites excluding steroid dienone is 2. The van der Waals surface area contributed by atoms with Gasteiger partial charge in [-0.05, 0) is 31.6 Å². The summed E-state index contributed by atoms with van der Waals surface area (Å²) in [6.45, 7) is 3.53. The molecule has 2 unspecified atom stereocenters. The van der Waals surface area contributed by atoms with Crippen molar-refractivity contribution in [2.45, 2.75) is 26.1 Å². The van der Waals surface area contributed by atoms with E-state index in [-0.39, 0.29) is 0 Å². The Morgan fingerprint density at radius 3 is 2.69 bits per heavy atom. The van der Waals surface area contributed by atoms with E-state index >= 15 is 0 Å². The SMILES string of the molecule is Cc1cccnc1C=CC=CC(O)C(C)O. The van der Waals surface area contributed by atoms with Gasteiger partial charge >= 0.3 is 0 Å². The Bertz CT molecular complexity index is 383. The number of aromatic nitrogens is 1. The zero-order valence-electron chi connectivity index (χ0n) is 9.54. The van der Waals surface area contributed by atoms with E-state index in [0.29, 0.717) is 0 Å². The Morgan fingerprint density at radius 2 is 2.06 bits per heavy atom. The molecule has 1 aromatic heterocycles. The minimum atomic E-state index is -0.825. The number of aryl methyl sites for hydroxylation is 1. The van der Waals surface area contributed by atoms with Crippen molar-refractivity contribution in [2.75, 3.05) is 0 Å². The van der Waals surface area contributed by atoms with Gasteiger partial charge in [-0.1, -0.05) is 24.3 Å². The van der Waals surface area contributed by atoms with Gasteiger partial charge < -0.3 is 10.2 Å². The van der Waals surface area contributed by atoms with Crippen LogP contribution in [0.4, 0.5) is 0 Å². The molecule has 2 atom stereocenters. The van der Waals surface area contributed by atoms with Gasteiger partial charge in [-0.3, -0.25) is 4.98 Å². The summed E-state index contributed by atoms with van der Waals surface area (Å²) >= 11 is 0. The molecule has 0 amide bonds. The van der Waals surface area contributed by atoms with Crippen molar-refractivity contribution >= 4 is 6.08 Å². The van der Waals surface area contributed by atoms with Crippen molar-refractivity contribution in [1.29, 1.82) is 0 Å². The van der Waals surface area contributed by atoms with Crippen LogP contribution in [0.3, 0.4) is 0 Å². The van der Waals surface area contributed by atoms with Crippen molar-refractivity contribution in [2.24, 2.45) is 0 Å². The lowest BCUT2D eigenvalue weighted by Gasteiger charge is -2.06. The van der Waals surface area contributed by atoms with E-state index in [1.807, 2.05) is 25.1 Å². The van der Waals surface area contributed by atoms with Crippen LogP contribution < -0.4 is 0 Å². The predicted octanol–water partition coefficient (Wildman–Crippen LogP) is 1.70. The topological polar surface area (TPSA) is 53.4 Å². The number of pyridine rings is 1. The molecule has 0 saturated heterocycles. The molecule has 0 aliphatic carbocycles. The lowest BCUT2D eigenvalue weighted by Crippen LogP contribution is -2.19. The standard InChI is InChI=1S/C13H17NO2/c1-10-6-5-9-14-12(10)7-3-4-8-13(16)11(2)15/h3-9,11,13,15-16H,1-2H3. The maximum atomic E-state index is 9.29. The molecular weight excluding hydrogens is 202 g/mol. The highest BCUT2D eigenvalue weighted by atomic mass is 16.3. The van der Waals surface area contributed by atoms with Crippen molar-refractivity contribution < 1.29 is 10.2 Å². The molecule has 2 N–H and O–H groups in total. The van der Waals surface area contributed by atoms with Crippen LogP contribution in [0.1, 0.15) is 18.2 Å². The van der Waals surface area contributed by atoms with Gasteiger partial charge in [0.1, 0.15) is 0 Å². The third kappa shape index (κ3) is 3.96. The van der Waals surface area contributed by atoms with Crippen molar-refractivity contribution in [3.05, 3.63) is 47.8 Å². The van der Waals surface area contributed by atoms with Crippen LogP contribution in [0.25, 0.3) is 6.08 Å². The Hall–Kier alpha value is -1.45. The van der Waals surface area contributed by atoms with E-state index in [0.717, 1.165) is 11.3 Å². The van der Waals surface area contributed by atoms with Crippen LogP contribution in [0, 0.1) is 6.92 Å². The molecular formula is C13H17NO2. The Balaban J connectivity index is 2.59. The second-order valence-corrected chi connectivity index (χ2v) is 3.68. The van der Waals surface area contributed by atoms with Crippen LogP contribution in [-0.4, -0.2) is 27.4 Å². The zero-order valence-corrected chi connectivity index (χ0v) is 9.54. The zero-order chi connectivity index (χ0) is 12.0. The smallest absolute Gasteiger partial charge is 0.0980 e. The molecule has 0 aliphatic heterocycles. The number of hydrogen-bond acceptors (Lipinski definition) is 3. The second-order valence-electron chi connectivity index (χ2n) is 3.68. The first-order valence-electron chi connectivity index (χ1n) is 5.24. The van der Waals surface area contributed by atoms with Crippen LogP contribution in [0.2, 0.25) is 0 Å². The Morgan fingerprint density at radius 1 is 1.31 bits per heavy atom. The molecule has 0 spiro atoms. The predicted molar refractivity (Wildman–Crippen MR) is 64.8 cm³/mol. The average Bonchev–Trinajstić information content (AvgIpc) is 2.26. The first-order chi connectivity index (χ1) is 7.61. The molecule has 0 radical (unpaired) electrons. The molecule has 3 heteroatoms. The van der Waals surface area contributed by atoms with Crippen LogP contribution in [0.5, 0.6) is 0 Å². The maximum Gasteiger partial charge on any atom is 0.0980 e. The first-order valence-corrected chi connectivity index (χ1v) is 5.24. The minimum Gasteiger partial charge on any atom is -0.390 e. The summed E-state index contributed by atoms with van der Waals surface area (Å²) in [5.41, 5.74) is 2.00. The molecule has 16 heavy (non-hydrogen) atoms. The largest absolute Gasteiger partial charge is 0.390 e. The molecule has 86 valence electrons. The summed E-state index contributed by atoms with van der Waals surface area (Å²) < 4.78 is 0. The molecule has 0 aliphatic rings. The number of hydrogen-bond donors (Lipinski definition) is 2. The highest BCUT2D eigenvalue weighted by Gasteiger charge is 2.04. The number of rotatable bonds is 4. The van der Waals surface area contributed by atoms with Crippen molar-refractivity contribution in [3.8, 4) is 0 Å². The van der Waals surface area contributed by atoms with Gasteiger partial charge in [0.05, 0.1) is 17.9 Å².